The maximum Gasteiger partial charge on any atom is 0.260 e. The van der Waals surface area contributed by atoms with Gasteiger partial charge in [0.05, 0.1) is 11.7 Å². The van der Waals surface area contributed by atoms with E-state index in [-0.39, 0.29) is 17.5 Å². The van der Waals surface area contributed by atoms with Gasteiger partial charge in [-0.05, 0) is 29.8 Å². The van der Waals surface area contributed by atoms with Crippen molar-refractivity contribution in [2.45, 2.75) is 6.04 Å². The van der Waals surface area contributed by atoms with E-state index < -0.39 is 5.56 Å². The van der Waals surface area contributed by atoms with Gasteiger partial charge in [-0.15, -0.1) is 0 Å². The minimum atomic E-state index is -0.401. The van der Waals surface area contributed by atoms with Crippen molar-refractivity contribution in [3.63, 3.8) is 0 Å². The summed E-state index contributed by atoms with van der Waals surface area (Å²) in [5.41, 5.74) is 1.38. The number of hydrogen-bond acceptors (Lipinski definition) is 3. The largest absolute Gasteiger partial charge is 0.329 e. The number of benzene rings is 1. The van der Waals surface area contributed by atoms with E-state index >= 15 is 0 Å². The Morgan fingerprint density at radius 3 is 2.46 bits per heavy atom. The van der Waals surface area contributed by atoms with Gasteiger partial charge in [-0.25, -0.2) is 0 Å². The van der Waals surface area contributed by atoms with Crippen molar-refractivity contribution in [1.29, 1.82) is 0 Å². The third kappa shape index (κ3) is 3.10. The molecular formula is C19H17N3O2. The summed E-state index contributed by atoms with van der Waals surface area (Å²) in [5.74, 6) is -0.351. The Labute approximate surface area is 139 Å². The second-order valence-corrected chi connectivity index (χ2v) is 5.40. The highest BCUT2D eigenvalue weighted by molar-refractivity contribution is 5.94. The molecule has 0 saturated carbocycles. The molecule has 5 nitrogen and oxygen atoms in total. The van der Waals surface area contributed by atoms with E-state index in [1.165, 1.54) is 12.3 Å². The van der Waals surface area contributed by atoms with Crippen LogP contribution in [0, 0.1) is 0 Å². The number of aromatic amines is 1. The molecule has 120 valence electrons. The number of carbonyl (C=O) groups is 1. The zero-order chi connectivity index (χ0) is 16.9. The molecule has 1 aromatic carbocycles. The molecule has 1 atom stereocenters. The summed E-state index contributed by atoms with van der Waals surface area (Å²) in [6, 6.07) is 18.0. The molecule has 24 heavy (non-hydrogen) atoms. The number of carbonyl (C=O) groups excluding carboxylic acids is 1. The number of rotatable bonds is 4. The molecule has 3 rings (SSSR count). The second kappa shape index (κ2) is 6.91. The average molecular weight is 319 g/mol. The molecule has 0 bridgehead atoms. The van der Waals surface area contributed by atoms with Crippen LogP contribution in [0.25, 0.3) is 0 Å². The number of H-pyrrole nitrogens is 1. The Kier molecular flexibility index (Phi) is 4.52. The summed E-state index contributed by atoms with van der Waals surface area (Å²) in [5, 5.41) is 0. The van der Waals surface area contributed by atoms with Gasteiger partial charge in [-0.3, -0.25) is 14.6 Å². The summed E-state index contributed by atoms with van der Waals surface area (Å²) < 4.78 is 0. The summed E-state index contributed by atoms with van der Waals surface area (Å²) >= 11 is 0. The van der Waals surface area contributed by atoms with Crippen LogP contribution >= 0.6 is 0 Å². The fraction of sp³-hybridized carbons (Fsp3) is 0.105. The second-order valence-electron chi connectivity index (χ2n) is 5.40. The molecule has 0 radical (unpaired) electrons. The van der Waals surface area contributed by atoms with E-state index in [4.69, 9.17) is 0 Å². The highest BCUT2D eigenvalue weighted by Crippen LogP contribution is 2.26. The van der Waals surface area contributed by atoms with Gasteiger partial charge in [0.2, 0.25) is 0 Å². The summed E-state index contributed by atoms with van der Waals surface area (Å²) in [6.07, 6.45) is 3.20. The predicted octanol–water partition coefficient (Wildman–Crippen LogP) is 2.63. The van der Waals surface area contributed by atoms with Crippen LogP contribution in [-0.2, 0) is 0 Å². The van der Waals surface area contributed by atoms with Gasteiger partial charge in [-0.2, -0.15) is 0 Å². The summed E-state index contributed by atoms with van der Waals surface area (Å²) in [4.78, 5) is 33.2. The minimum Gasteiger partial charge on any atom is -0.329 e. The topological polar surface area (TPSA) is 66.1 Å². The molecule has 3 aromatic rings. The van der Waals surface area contributed by atoms with Gasteiger partial charge in [0, 0.05) is 19.4 Å². The van der Waals surface area contributed by atoms with Crippen LogP contribution in [0.2, 0.25) is 0 Å². The number of hydrogen-bond donors (Lipinski definition) is 1. The normalized spacial score (nSPS) is 11.7. The van der Waals surface area contributed by atoms with E-state index in [9.17, 15) is 9.59 Å². The molecule has 1 amide bonds. The number of pyridine rings is 2. The smallest absolute Gasteiger partial charge is 0.260 e. The number of nitrogens with one attached hydrogen (secondary N) is 1. The summed E-state index contributed by atoms with van der Waals surface area (Å²) in [6.45, 7) is 0. The molecule has 0 aliphatic carbocycles. The van der Waals surface area contributed by atoms with Crippen molar-refractivity contribution in [2.24, 2.45) is 0 Å². The number of amides is 1. The highest BCUT2D eigenvalue weighted by atomic mass is 16.2. The van der Waals surface area contributed by atoms with Gasteiger partial charge in [0.1, 0.15) is 5.56 Å². The lowest BCUT2D eigenvalue weighted by Gasteiger charge is -2.28. The van der Waals surface area contributed by atoms with Crippen molar-refractivity contribution >= 4 is 5.91 Å². The van der Waals surface area contributed by atoms with Crippen molar-refractivity contribution in [3.05, 3.63) is 100 Å². The Morgan fingerprint density at radius 2 is 1.79 bits per heavy atom. The fourth-order valence-electron chi connectivity index (χ4n) is 2.66. The quantitative estimate of drug-likeness (QED) is 0.804. The number of nitrogens with zero attached hydrogens (tertiary/aromatic N) is 2. The molecule has 0 aliphatic heterocycles. The van der Waals surface area contributed by atoms with Gasteiger partial charge in [0.15, 0.2) is 0 Å². The van der Waals surface area contributed by atoms with Crippen LogP contribution in [0.3, 0.4) is 0 Å². The lowest BCUT2D eigenvalue weighted by atomic mass is 10.0. The van der Waals surface area contributed by atoms with Gasteiger partial charge in [0.25, 0.3) is 11.5 Å². The Bertz CT molecular complexity index is 836. The molecule has 0 spiro atoms. The zero-order valence-electron chi connectivity index (χ0n) is 13.2. The molecule has 0 saturated heterocycles. The molecule has 0 unspecified atom stereocenters. The molecule has 0 fully saturated rings. The van der Waals surface area contributed by atoms with E-state index in [2.05, 4.69) is 9.97 Å². The monoisotopic (exact) mass is 319 g/mol. The van der Waals surface area contributed by atoms with Gasteiger partial charge in [-0.1, -0.05) is 36.4 Å². The first kappa shape index (κ1) is 15.7. The van der Waals surface area contributed by atoms with Crippen molar-refractivity contribution in [2.75, 3.05) is 7.05 Å². The third-order valence-electron chi connectivity index (χ3n) is 3.84. The van der Waals surface area contributed by atoms with E-state index in [1.54, 1.807) is 24.2 Å². The molecule has 2 heterocycles. The van der Waals surface area contributed by atoms with Crippen LogP contribution in [-0.4, -0.2) is 27.8 Å². The van der Waals surface area contributed by atoms with Crippen LogP contribution in [0.5, 0.6) is 0 Å². The Morgan fingerprint density at radius 1 is 1.04 bits per heavy atom. The molecule has 5 heteroatoms. The molecule has 2 aromatic heterocycles. The van der Waals surface area contributed by atoms with Crippen LogP contribution in [0.15, 0.2) is 77.9 Å². The molecule has 0 aliphatic rings. The Hall–Kier alpha value is -3.21. The summed E-state index contributed by atoms with van der Waals surface area (Å²) in [7, 11) is 1.68. The number of aromatic nitrogens is 2. The van der Waals surface area contributed by atoms with Crippen LogP contribution in [0.1, 0.15) is 27.7 Å². The lowest BCUT2D eigenvalue weighted by molar-refractivity contribution is 0.0751. The molecular weight excluding hydrogens is 302 g/mol. The van der Waals surface area contributed by atoms with E-state index in [0.717, 1.165) is 11.3 Å². The van der Waals surface area contributed by atoms with E-state index in [1.807, 2.05) is 48.5 Å². The van der Waals surface area contributed by atoms with Crippen LogP contribution < -0.4 is 5.56 Å². The first-order chi connectivity index (χ1) is 11.7. The maximum absolute atomic E-state index is 12.8. The standard InChI is InChI=1S/C19H17N3O2/c1-22(19(24)15-10-7-13-21-18(15)23)17(14-8-3-2-4-9-14)16-11-5-6-12-20-16/h2-13,17H,1H3,(H,21,23)/t17-/m1/s1. The fourth-order valence-corrected chi connectivity index (χ4v) is 2.66. The SMILES string of the molecule is CN(C(=O)c1ccc[nH]c1=O)[C@H](c1ccccc1)c1ccccn1. The van der Waals surface area contributed by atoms with Gasteiger partial charge >= 0.3 is 0 Å². The van der Waals surface area contributed by atoms with E-state index in [0.29, 0.717) is 0 Å². The lowest BCUT2D eigenvalue weighted by Crippen LogP contribution is -2.35. The highest BCUT2D eigenvalue weighted by Gasteiger charge is 2.26. The van der Waals surface area contributed by atoms with Crippen molar-refractivity contribution < 1.29 is 4.79 Å². The van der Waals surface area contributed by atoms with Gasteiger partial charge < -0.3 is 9.88 Å². The van der Waals surface area contributed by atoms with Crippen LogP contribution in [0.4, 0.5) is 0 Å². The Balaban J connectivity index is 2.04. The minimum absolute atomic E-state index is 0.108. The third-order valence-corrected chi connectivity index (χ3v) is 3.84. The maximum atomic E-state index is 12.8. The predicted molar refractivity (Wildman–Crippen MR) is 91.7 cm³/mol. The molecule has 1 N–H and O–H groups in total. The first-order valence-corrected chi connectivity index (χ1v) is 7.59. The van der Waals surface area contributed by atoms with Crippen molar-refractivity contribution in [1.82, 2.24) is 14.9 Å². The zero-order valence-corrected chi connectivity index (χ0v) is 13.2. The van der Waals surface area contributed by atoms with Crippen molar-refractivity contribution in [3.8, 4) is 0 Å². The first-order valence-electron chi connectivity index (χ1n) is 7.59. The average Bonchev–Trinajstić information content (AvgIpc) is 2.63.